The molecule has 0 aromatic rings. The van der Waals surface area contributed by atoms with Crippen LogP contribution < -0.4 is 5.32 Å². The highest BCUT2D eigenvalue weighted by Crippen LogP contribution is 2.36. The molecule has 48 valence electrons. The molecule has 1 nitrogen and oxygen atoms in total. The van der Waals surface area contributed by atoms with Gasteiger partial charge in [-0.15, -0.1) is 0 Å². The molecule has 0 aromatic heterocycles. The maximum Gasteiger partial charge on any atom is 0.251 e. The fourth-order valence-electron chi connectivity index (χ4n) is 0.865. The van der Waals surface area contributed by atoms with Crippen molar-refractivity contribution >= 4 is 0 Å². The monoisotopic (exact) mass is 121 g/mol. The van der Waals surface area contributed by atoms with Gasteiger partial charge in [0.25, 0.3) is 5.92 Å². The van der Waals surface area contributed by atoms with Gasteiger partial charge in [-0.05, 0) is 7.05 Å². The molecule has 1 N–H and O–H groups in total. The summed E-state index contributed by atoms with van der Waals surface area (Å²) in [6, 6.07) is 0.0602. The van der Waals surface area contributed by atoms with Crippen LogP contribution in [0.5, 0.6) is 0 Å². The Balaban J connectivity index is 2.21. The topological polar surface area (TPSA) is 12.0 Å². The van der Waals surface area contributed by atoms with Crippen molar-refractivity contribution < 1.29 is 8.78 Å². The van der Waals surface area contributed by atoms with E-state index >= 15 is 0 Å². The molecule has 0 spiro atoms. The van der Waals surface area contributed by atoms with Gasteiger partial charge in [0.15, 0.2) is 0 Å². The molecule has 1 saturated carbocycles. The largest absolute Gasteiger partial charge is 0.317 e. The predicted octanol–water partition coefficient (Wildman–Crippen LogP) is 1.00. The third kappa shape index (κ3) is 0.968. The first kappa shape index (κ1) is 5.95. The summed E-state index contributed by atoms with van der Waals surface area (Å²) in [6.07, 6.45) is 0.0347. The second kappa shape index (κ2) is 1.65. The number of rotatable bonds is 1. The van der Waals surface area contributed by atoms with E-state index in [1.165, 1.54) is 0 Å². The number of halogens is 2. The molecule has 1 aliphatic rings. The quantitative estimate of drug-likeness (QED) is 0.545. The van der Waals surface area contributed by atoms with Gasteiger partial charge in [-0.25, -0.2) is 8.78 Å². The summed E-state index contributed by atoms with van der Waals surface area (Å²) in [4.78, 5) is 0. The zero-order valence-electron chi connectivity index (χ0n) is 4.75. The lowest BCUT2D eigenvalue weighted by Crippen LogP contribution is -2.46. The van der Waals surface area contributed by atoms with Gasteiger partial charge < -0.3 is 5.32 Å². The molecule has 8 heavy (non-hydrogen) atoms. The first-order chi connectivity index (χ1) is 3.64. The molecule has 0 aliphatic heterocycles. The van der Waals surface area contributed by atoms with Crippen molar-refractivity contribution in [2.75, 3.05) is 7.05 Å². The van der Waals surface area contributed by atoms with E-state index in [0.29, 0.717) is 0 Å². The maximum atomic E-state index is 11.9. The summed E-state index contributed by atoms with van der Waals surface area (Å²) in [6.45, 7) is 0. The van der Waals surface area contributed by atoms with Gasteiger partial charge in [0, 0.05) is 18.9 Å². The van der Waals surface area contributed by atoms with Gasteiger partial charge in [-0.2, -0.15) is 0 Å². The Bertz CT molecular complexity index is 84.4. The number of hydrogen-bond acceptors (Lipinski definition) is 1. The number of hydrogen-bond donors (Lipinski definition) is 1. The Hall–Kier alpha value is -0.180. The van der Waals surface area contributed by atoms with Crippen LogP contribution in [0.4, 0.5) is 8.78 Å². The Morgan fingerprint density at radius 1 is 1.50 bits per heavy atom. The lowest BCUT2D eigenvalue weighted by Gasteiger charge is -2.34. The second-order valence-corrected chi connectivity index (χ2v) is 2.25. The molecule has 0 saturated heterocycles. The van der Waals surface area contributed by atoms with E-state index in [1.54, 1.807) is 7.05 Å². The lowest BCUT2D eigenvalue weighted by molar-refractivity contribution is -0.0910. The van der Waals surface area contributed by atoms with Crippen LogP contribution in [-0.4, -0.2) is 19.0 Å². The molecule has 0 bridgehead atoms. The smallest absolute Gasteiger partial charge is 0.251 e. The summed E-state index contributed by atoms with van der Waals surface area (Å²) in [5, 5.41) is 2.78. The van der Waals surface area contributed by atoms with Crippen LogP contribution in [0.15, 0.2) is 0 Å². The first-order valence-corrected chi connectivity index (χ1v) is 2.69. The molecular weight excluding hydrogens is 112 g/mol. The Morgan fingerprint density at radius 3 is 2.12 bits per heavy atom. The van der Waals surface area contributed by atoms with Crippen molar-refractivity contribution in [3.8, 4) is 0 Å². The van der Waals surface area contributed by atoms with Crippen LogP contribution in [0, 0.1) is 0 Å². The van der Waals surface area contributed by atoms with Crippen molar-refractivity contribution in [1.29, 1.82) is 0 Å². The third-order valence-electron chi connectivity index (χ3n) is 1.50. The standard InChI is InChI=1S/C5H9F2N/c1-8-4-2-5(6,7)3-4/h4,8H,2-3H2,1H3. The van der Waals surface area contributed by atoms with E-state index in [0.717, 1.165) is 0 Å². The summed E-state index contributed by atoms with van der Waals surface area (Å²) < 4.78 is 23.9. The summed E-state index contributed by atoms with van der Waals surface area (Å²) in [5.41, 5.74) is 0. The highest BCUT2D eigenvalue weighted by atomic mass is 19.3. The molecule has 3 heteroatoms. The van der Waals surface area contributed by atoms with E-state index in [9.17, 15) is 8.78 Å². The van der Waals surface area contributed by atoms with Gasteiger partial charge >= 0.3 is 0 Å². The van der Waals surface area contributed by atoms with Gasteiger partial charge in [-0.1, -0.05) is 0 Å². The van der Waals surface area contributed by atoms with E-state index in [4.69, 9.17) is 0 Å². The Morgan fingerprint density at radius 2 is 2.00 bits per heavy atom. The van der Waals surface area contributed by atoms with Gasteiger partial charge in [0.2, 0.25) is 0 Å². The summed E-state index contributed by atoms with van der Waals surface area (Å²) in [7, 11) is 1.71. The average molecular weight is 121 g/mol. The van der Waals surface area contributed by atoms with Gasteiger partial charge in [0.05, 0.1) is 0 Å². The van der Waals surface area contributed by atoms with E-state index < -0.39 is 5.92 Å². The van der Waals surface area contributed by atoms with E-state index in [1.807, 2.05) is 0 Å². The summed E-state index contributed by atoms with van der Waals surface area (Å²) >= 11 is 0. The second-order valence-electron chi connectivity index (χ2n) is 2.25. The zero-order valence-corrected chi connectivity index (χ0v) is 4.75. The first-order valence-electron chi connectivity index (χ1n) is 2.69. The Kier molecular flexibility index (Phi) is 1.23. The highest BCUT2D eigenvalue weighted by Gasteiger charge is 2.44. The SMILES string of the molecule is CNC1CC(F)(F)C1. The van der Waals surface area contributed by atoms with Crippen molar-refractivity contribution in [2.24, 2.45) is 0 Å². The number of alkyl halides is 2. The van der Waals surface area contributed by atoms with Crippen molar-refractivity contribution in [2.45, 2.75) is 24.8 Å². The molecule has 1 aliphatic carbocycles. The third-order valence-corrected chi connectivity index (χ3v) is 1.50. The Labute approximate surface area is 47.1 Å². The minimum Gasteiger partial charge on any atom is -0.317 e. The average Bonchev–Trinajstić information content (AvgIpc) is 1.60. The van der Waals surface area contributed by atoms with Crippen LogP contribution in [0.3, 0.4) is 0 Å². The van der Waals surface area contributed by atoms with Crippen molar-refractivity contribution in [3.05, 3.63) is 0 Å². The fraction of sp³-hybridized carbons (Fsp3) is 1.00. The summed E-state index contributed by atoms with van der Waals surface area (Å²) in [5.74, 6) is -2.37. The highest BCUT2D eigenvalue weighted by molar-refractivity contribution is 4.90. The molecule has 0 amide bonds. The van der Waals surface area contributed by atoms with Gasteiger partial charge in [0.1, 0.15) is 0 Å². The molecule has 0 atom stereocenters. The van der Waals surface area contributed by atoms with Crippen LogP contribution in [0.1, 0.15) is 12.8 Å². The molecule has 1 rings (SSSR count). The minimum absolute atomic E-state index is 0.0174. The van der Waals surface area contributed by atoms with Crippen LogP contribution >= 0.6 is 0 Å². The normalized spacial score (nSPS) is 27.4. The molecule has 0 heterocycles. The minimum atomic E-state index is -2.37. The van der Waals surface area contributed by atoms with E-state index in [2.05, 4.69) is 5.32 Å². The van der Waals surface area contributed by atoms with Crippen molar-refractivity contribution in [3.63, 3.8) is 0 Å². The molecule has 0 unspecified atom stereocenters. The van der Waals surface area contributed by atoms with Crippen LogP contribution in [-0.2, 0) is 0 Å². The lowest BCUT2D eigenvalue weighted by atomic mass is 9.88. The molecule has 0 radical (unpaired) electrons. The van der Waals surface area contributed by atoms with Crippen LogP contribution in [0.2, 0.25) is 0 Å². The molecular formula is C5H9F2N. The molecule has 1 fully saturated rings. The van der Waals surface area contributed by atoms with Crippen LogP contribution in [0.25, 0.3) is 0 Å². The predicted molar refractivity (Wildman–Crippen MR) is 27.0 cm³/mol. The van der Waals surface area contributed by atoms with Gasteiger partial charge in [-0.3, -0.25) is 0 Å². The van der Waals surface area contributed by atoms with Crippen molar-refractivity contribution in [1.82, 2.24) is 5.32 Å². The maximum absolute atomic E-state index is 11.9. The fourth-order valence-corrected chi connectivity index (χ4v) is 0.865. The zero-order chi connectivity index (χ0) is 6.20. The molecule has 0 aromatic carbocycles. The number of nitrogens with one attached hydrogen (secondary N) is 1. The van der Waals surface area contributed by atoms with E-state index in [-0.39, 0.29) is 18.9 Å².